The van der Waals surface area contributed by atoms with Gasteiger partial charge in [-0.05, 0) is 74.6 Å². The lowest BCUT2D eigenvalue weighted by molar-refractivity contribution is -0.284. The smallest absolute Gasteiger partial charge is 0.385 e. The molecule has 46 heavy (non-hydrogen) atoms. The third-order valence-corrected chi connectivity index (χ3v) is 11.4. The maximum Gasteiger partial charge on any atom is 0.453 e. The Balaban J connectivity index is 1.54. The number of hydrogen-bond acceptors (Lipinski definition) is 7. The first-order chi connectivity index (χ1) is 21.8. The van der Waals surface area contributed by atoms with Crippen LogP contribution in [0.3, 0.4) is 0 Å². The number of carbonyl (C=O) groups excluding carboxylic acids is 1. The molecule has 14 heteroatoms. The highest BCUT2D eigenvalue weighted by Gasteiger charge is 2.56. The van der Waals surface area contributed by atoms with E-state index in [9.17, 15) is 35.2 Å². The van der Waals surface area contributed by atoms with Gasteiger partial charge in [0.05, 0.1) is 10.6 Å². The van der Waals surface area contributed by atoms with Gasteiger partial charge in [0.2, 0.25) is 0 Å². The van der Waals surface area contributed by atoms with Crippen LogP contribution in [0.2, 0.25) is 0 Å². The average molecular weight is 677 g/mol. The van der Waals surface area contributed by atoms with E-state index in [0.717, 1.165) is 32.1 Å². The zero-order valence-electron chi connectivity index (χ0n) is 25.8. The molecular formula is C32H41F5N2O6S. The third kappa shape index (κ3) is 8.61. The number of amides is 1. The standard InChI is InChI=1S/C32H41F5N2O6S/c1-43-21-16-23-6-2-4-17-30(18-14-23,29(40)39-45-28-7-3-5-20-44-28)46(41,42)26-11-9-25(10-12-26)27-13-8-24(22-38-27)15-19-31(33,34)32(35,36)37/h8-13,22-23,28H,2-7,14-21H2,1H3,(H,39,40). The average Bonchev–Trinajstić information content (AvgIpc) is 3.03. The molecule has 1 aromatic heterocycles. The Hall–Kier alpha value is -2.68. The number of sulfone groups is 1. The molecule has 1 aromatic carbocycles. The first-order valence-corrected chi connectivity index (χ1v) is 17.1. The number of aromatic nitrogens is 1. The van der Waals surface area contributed by atoms with Gasteiger partial charge in [0, 0.05) is 44.9 Å². The third-order valence-electron chi connectivity index (χ3n) is 8.91. The lowest BCUT2D eigenvalue weighted by Gasteiger charge is -2.35. The summed E-state index contributed by atoms with van der Waals surface area (Å²) in [4.78, 5) is 23.5. The van der Waals surface area contributed by atoms with E-state index in [4.69, 9.17) is 14.3 Å². The van der Waals surface area contributed by atoms with Crippen molar-refractivity contribution in [2.24, 2.45) is 5.92 Å². The van der Waals surface area contributed by atoms with E-state index < -0.39 is 51.7 Å². The van der Waals surface area contributed by atoms with Crippen LogP contribution in [0.25, 0.3) is 11.3 Å². The molecular weight excluding hydrogens is 635 g/mol. The lowest BCUT2D eigenvalue weighted by atomic mass is 9.83. The number of rotatable bonds is 12. The number of nitrogens with zero attached hydrogens (tertiary/aromatic N) is 1. The molecule has 1 saturated heterocycles. The van der Waals surface area contributed by atoms with Crippen LogP contribution in [0.15, 0.2) is 47.5 Å². The Morgan fingerprint density at radius 1 is 1.00 bits per heavy atom. The second kappa shape index (κ2) is 15.5. The second-order valence-electron chi connectivity index (χ2n) is 12.1. The molecule has 1 aliphatic carbocycles. The van der Waals surface area contributed by atoms with Gasteiger partial charge in [0.15, 0.2) is 20.9 Å². The van der Waals surface area contributed by atoms with Gasteiger partial charge < -0.3 is 9.47 Å². The molecule has 1 amide bonds. The summed E-state index contributed by atoms with van der Waals surface area (Å²) in [6, 6.07) is 8.71. The number of hydroxylamine groups is 1. The Kier molecular flexibility index (Phi) is 12.2. The predicted molar refractivity (Wildman–Crippen MR) is 159 cm³/mol. The Morgan fingerprint density at radius 3 is 2.37 bits per heavy atom. The SMILES string of the molecule is COCCC1CCCCC(C(=O)NOC2CCCCO2)(S(=O)(=O)c2ccc(-c3ccc(CCC(F)(F)C(F)(F)F)cn3)cc2)CC1. The van der Waals surface area contributed by atoms with E-state index in [0.29, 0.717) is 43.7 Å². The second-order valence-corrected chi connectivity index (χ2v) is 14.3. The van der Waals surface area contributed by atoms with Crippen molar-refractivity contribution >= 4 is 15.7 Å². The quantitative estimate of drug-likeness (QED) is 0.191. The van der Waals surface area contributed by atoms with Crippen LogP contribution in [-0.4, -0.2) is 62.8 Å². The summed E-state index contributed by atoms with van der Waals surface area (Å²) in [7, 11) is -2.63. The highest BCUT2D eigenvalue weighted by atomic mass is 32.2. The number of carbonyl (C=O) groups is 1. The fourth-order valence-electron chi connectivity index (χ4n) is 5.97. The van der Waals surface area contributed by atoms with E-state index in [1.165, 1.54) is 42.6 Å². The van der Waals surface area contributed by atoms with Crippen molar-refractivity contribution in [1.29, 1.82) is 0 Å². The zero-order valence-corrected chi connectivity index (χ0v) is 26.6. The highest BCUT2D eigenvalue weighted by molar-refractivity contribution is 7.93. The molecule has 256 valence electrons. The Morgan fingerprint density at radius 2 is 1.74 bits per heavy atom. The molecule has 4 rings (SSSR count). The van der Waals surface area contributed by atoms with E-state index in [2.05, 4.69) is 10.5 Å². The first kappa shape index (κ1) is 36.2. The molecule has 1 aliphatic heterocycles. The molecule has 0 radical (unpaired) electrons. The number of hydrogen-bond donors (Lipinski definition) is 1. The van der Waals surface area contributed by atoms with Crippen LogP contribution in [0.5, 0.6) is 0 Å². The molecule has 2 fully saturated rings. The molecule has 8 nitrogen and oxygen atoms in total. The topological polar surface area (TPSA) is 104 Å². The summed E-state index contributed by atoms with van der Waals surface area (Å²) in [6.07, 6.45) is -0.965. The van der Waals surface area contributed by atoms with Crippen LogP contribution in [0.1, 0.15) is 76.2 Å². The maximum absolute atomic E-state index is 14.4. The monoisotopic (exact) mass is 676 g/mol. The van der Waals surface area contributed by atoms with Gasteiger partial charge in [-0.2, -0.15) is 22.0 Å². The summed E-state index contributed by atoms with van der Waals surface area (Å²) in [5, 5.41) is 0. The zero-order chi connectivity index (χ0) is 33.4. The van der Waals surface area contributed by atoms with Crippen molar-refractivity contribution in [3.05, 3.63) is 48.2 Å². The van der Waals surface area contributed by atoms with Gasteiger partial charge in [0.1, 0.15) is 0 Å². The van der Waals surface area contributed by atoms with Gasteiger partial charge in [-0.25, -0.2) is 18.7 Å². The van der Waals surface area contributed by atoms with Gasteiger partial charge in [-0.3, -0.25) is 9.78 Å². The van der Waals surface area contributed by atoms with Crippen molar-refractivity contribution in [3.63, 3.8) is 0 Å². The minimum absolute atomic E-state index is 0.0552. The van der Waals surface area contributed by atoms with Crippen molar-refractivity contribution in [3.8, 4) is 11.3 Å². The molecule has 1 N–H and O–H groups in total. The van der Waals surface area contributed by atoms with E-state index in [1.54, 1.807) is 7.11 Å². The number of benzene rings is 1. The molecule has 2 aromatic rings. The fraction of sp³-hybridized carbons (Fsp3) is 0.625. The molecule has 2 heterocycles. The molecule has 2 aliphatic rings. The molecule has 3 unspecified atom stereocenters. The van der Waals surface area contributed by atoms with E-state index >= 15 is 0 Å². The molecule has 3 atom stereocenters. The molecule has 1 saturated carbocycles. The number of pyridine rings is 1. The summed E-state index contributed by atoms with van der Waals surface area (Å²) in [5.41, 5.74) is 3.50. The number of halogens is 5. The Labute approximate surface area is 266 Å². The summed E-state index contributed by atoms with van der Waals surface area (Å²) < 4.78 is 102. The summed E-state index contributed by atoms with van der Waals surface area (Å²) >= 11 is 0. The number of aryl methyl sites for hydroxylation is 1. The maximum atomic E-state index is 14.4. The summed E-state index contributed by atoms with van der Waals surface area (Å²) in [6.45, 7) is 1.03. The summed E-state index contributed by atoms with van der Waals surface area (Å²) in [5.74, 6) is -5.34. The lowest BCUT2D eigenvalue weighted by Crippen LogP contribution is -2.54. The van der Waals surface area contributed by atoms with Crippen LogP contribution in [0.4, 0.5) is 22.0 Å². The van der Waals surface area contributed by atoms with Crippen molar-refractivity contribution in [1.82, 2.24) is 10.5 Å². The number of ether oxygens (including phenoxy) is 2. The van der Waals surface area contributed by atoms with Gasteiger partial charge in [0.25, 0.3) is 5.91 Å². The first-order valence-electron chi connectivity index (χ1n) is 15.6. The number of nitrogens with one attached hydrogen (secondary N) is 1. The minimum Gasteiger partial charge on any atom is -0.385 e. The van der Waals surface area contributed by atoms with E-state index in [-0.39, 0.29) is 29.2 Å². The number of methoxy groups -OCH3 is 1. The van der Waals surface area contributed by atoms with Crippen molar-refractivity contribution in [2.45, 2.75) is 105 Å². The largest absolute Gasteiger partial charge is 0.453 e. The number of alkyl halides is 5. The normalized spacial score (nSPS) is 23.3. The van der Waals surface area contributed by atoms with Crippen LogP contribution < -0.4 is 5.48 Å². The Bertz CT molecular complexity index is 1380. The van der Waals surface area contributed by atoms with Crippen molar-refractivity contribution in [2.75, 3.05) is 20.3 Å². The van der Waals surface area contributed by atoms with Crippen LogP contribution >= 0.6 is 0 Å². The predicted octanol–water partition coefficient (Wildman–Crippen LogP) is 6.97. The van der Waals surface area contributed by atoms with Crippen LogP contribution in [0, 0.1) is 5.92 Å². The van der Waals surface area contributed by atoms with E-state index in [1.807, 2.05) is 0 Å². The van der Waals surface area contributed by atoms with Crippen molar-refractivity contribution < 1.29 is 49.5 Å². The van der Waals surface area contributed by atoms with Gasteiger partial charge >= 0.3 is 12.1 Å². The minimum atomic E-state index is -5.62. The van der Waals surface area contributed by atoms with Gasteiger partial charge in [-0.1, -0.05) is 37.5 Å². The molecule has 0 bridgehead atoms. The fourth-order valence-corrected chi connectivity index (χ4v) is 8.01. The molecule has 0 spiro atoms. The van der Waals surface area contributed by atoms with Crippen LogP contribution in [-0.2, 0) is 35.4 Å². The van der Waals surface area contributed by atoms with Gasteiger partial charge in [-0.15, -0.1) is 0 Å². The highest BCUT2D eigenvalue weighted by Crippen LogP contribution is 2.41.